The van der Waals surface area contributed by atoms with E-state index in [-0.39, 0.29) is 0 Å². The molecule has 2 rings (SSSR count). The third-order valence-electron chi connectivity index (χ3n) is 3.51. The predicted molar refractivity (Wildman–Crippen MR) is 66.3 cm³/mol. The Morgan fingerprint density at radius 3 is 2.31 bits per heavy atom. The molecule has 0 unspecified atom stereocenters. The van der Waals surface area contributed by atoms with Crippen LogP contribution in [0.15, 0.2) is 12.4 Å². The minimum Gasteiger partial charge on any atom is -0.396 e. The smallest absolute Gasteiger partial charge is 0.225 e. The maximum absolute atomic E-state index is 5.58. The van der Waals surface area contributed by atoms with Gasteiger partial charge in [-0.2, -0.15) is 0 Å². The summed E-state index contributed by atoms with van der Waals surface area (Å²) in [6.07, 6.45) is 8.44. The molecule has 4 heteroatoms. The maximum atomic E-state index is 5.58. The number of nitrogen functional groups attached to an aromatic ring is 1. The molecule has 1 aliphatic rings. The Hall–Kier alpha value is -1.32. The average Bonchev–Trinajstić information content (AvgIpc) is 2.30. The van der Waals surface area contributed by atoms with Crippen LogP contribution in [0.2, 0.25) is 0 Å². The number of hydrogen-bond donors (Lipinski definition) is 1. The highest BCUT2D eigenvalue weighted by atomic mass is 15.2. The van der Waals surface area contributed by atoms with Crippen molar-refractivity contribution in [2.24, 2.45) is 5.92 Å². The number of hydrogen-bond acceptors (Lipinski definition) is 4. The van der Waals surface area contributed by atoms with E-state index in [1.807, 2.05) is 0 Å². The second-order valence-electron chi connectivity index (χ2n) is 4.84. The minimum atomic E-state index is 0.583. The summed E-state index contributed by atoms with van der Waals surface area (Å²) in [4.78, 5) is 10.7. The van der Waals surface area contributed by atoms with Crippen molar-refractivity contribution in [2.45, 2.75) is 38.6 Å². The molecule has 1 aromatic rings. The summed E-state index contributed by atoms with van der Waals surface area (Å²) >= 11 is 0. The van der Waals surface area contributed by atoms with Gasteiger partial charge in [-0.25, -0.2) is 9.97 Å². The molecule has 4 nitrogen and oxygen atoms in total. The summed E-state index contributed by atoms with van der Waals surface area (Å²) in [6.45, 7) is 2.33. The number of rotatable bonds is 2. The molecule has 16 heavy (non-hydrogen) atoms. The molecule has 1 saturated carbocycles. The molecule has 88 valence electrons. The van der Waals surface area contributed by atoms with E-state index in [9.17, 15) is 0 Å². The lowest BCUT2D eigenvalue weighted by atomic mass is 9.87. The first kappa shape index (κ1) is 11.2. The van der Waals surface area contributed by atoms with Crippen LogP contribution in [0.4, 0.5) is 11.6 Å². The third-order valence-corrected chi connectivity index (χ3v) is 3.51. The zero-order valence-corrected chi connectivity index (χ0v) is 10.1. The highest BCUT2D eigenvalue weighted by Gasteiger charge is 2.22. The fraction of sp³-hybridized carbons (Fsp3) is 0.667. The van der Waals surface area contributed by atoms with E-state index >= 15 is 0 Å². The van der Waals surface area contributed by atoms with Gasteiger partial charge in [0.05, 0.1) is 18.1 Å². The highest BCUT2D eigenvalue weighted by Crippen LogP contribution is 2.27. The van der Waals surface area contributed by atoms with Crippen LogP contribution in [0.3, 0.4) is 0 Å². The number of aromatic nitrogens is 2. The SMILES string of the molecule is CC1CCC(N(C)c2ncc(N)cn2)CC1. The number of anilines is 2. The average molecular weight is 220 g/mol. The normalized spacial score (nSPS) is 25.4. The van der Waals surface area contributed by atoms with Gasteiger partial charge in [-0.3, -0.25) is 0 Å². The molecule has 0 aliphatic heterocycles. The molecule has 0 saturated heterocycles. The number of nitrogens with zero attached hydrogens (tertiary/aromatic N) is 3. The van der Waals surface area contributed by atoms with Crippen LogP contribution >= 0.6 is 0 Å². The standard InChI is InChI=1S/C12H20N4/c1-9-3-5-11(6-4-9)16(2)12-14-7-10(13)8-15-12/h7-9,11H,3-6,13H2,1-2H3. The van der Waals surface area contributed by atoms with E-state index in [1.54, 1.807) is 12.4 Å². The van der Waals surface area contributed by atoms with Crippen molar-refractivity contribution >= 4 is 11.6 Å². The van der Waals surface area contributed by atoms with E-state index in [4.69, 9.17) is 5.73 Å². The molecule has 0 amide bonds. The first-order valence-electron chi connectivity index (χ1n) is 5.97. The first-order valence-corrected chi connectivity index (χ1v) is 5.97. The molecular weight excluding hydrogens is 200 g/mol. The molecule has 0 radical (unpaired) electrons. The topological polar surface area (TPSA) is 55.0 Å². The summed E-state index contributed by atoms with van der Waals surface area (Å²) in [7, 11) is 2.08. The Morgan fingerprint density at radius 1 is 1.19 bits per heavy atom. The van der Waals surface area contributed by atoms with Crippen LogP contribution in [0.25, 0.3) is 0 Å². The third kappa shape index (κ3) is 2.43. The lowest BCUT2D eigenvalue weighted by Crippen LogP contribution is -2.35. The highest BCUT2D eigenvalue weighted by molar-refractivity contribution is 5.38. The molecule has 1 fully saturated rings. The second kappa shape index (κ2) is 4.68. The minimum absolute atomic E-state index is 0.583. The molecular formula is C12H20N4. The van der Waals surface area contributed by atoms with Crippen molar-refractivity contribution in [3.8, 4) is 0 Å². The molecule has 1 aromatic heterocycles. The Kier molecular flexibility index (Phi) is 3.27. The van der Waals surface area contributed by atoms with E-state index in [1.165, 1.54) is 25.7 Å². The fourth-order valence-corrected chi connectivity index (χ4v) is 2.31. The van der Waals surface area contributed by atoms with Crippen molar-refractivity contribution < 1.29 is 0 Å². The monoisotopic (exact) mass is 220 g/mol. The van der Waals surface area contributed by atoms with Crippen LogP contribution in [0, 0.1) is 5.92 Å². The molecule has 0 atom stereocenters. The quantitative estimate of drug-likeness (QED) is 0.829. The predicted octanol–water partition coefficient (Wildman–Crippen LogP) is 2.07. The summed E-state index contributed by atoms with van der Waals surface area (Å²) in [5.41, 5.74) is 6.20. The van der Waals surface area contributed by atoms with E-state index in [0.717, 1.165) is 11.9 Å². The van der Waals surface area contributed by atoms with Crippen LogP contribution in [-0.4, -0.2) is 23.1 Å². The van der Waals surface area contributed by atoms with Gasteiger partial charge in [0.15, 0.2) is 0 Å². The number of nitrogens with two attached hydrogens (primary N) is 1. The Bertz CT molecular complexity index is 327. The van der Waals surface area contributed by atoms with Gasteiger partial charge in [0, 0.05) is 13.1 Å². The van der Waals surface area contributed by atoms with E-state index < -0.39 is 0 Å². The summed E-state index contributed by atoms with van der Waals surface area (Å²) in [5, 5.41) is 0. The van der Waals surface area contributed by atoms with Crippen molar-refractivity contribution in [2.75, 3.05) is 17.7 Å². The van der Waals surface area contributed by atoms with Crippen molar-refractivity contribution in [3.63, 3.8) is 0 Å². The maximum Gasteiger partial charge on any atom is 0.225 e. The lowest BCUT2D eigenvalue weighted by molar-refractivity contribution is 0.339. The zero-order valence-electron chi connectivity index (χ0n) is 10.1. The van der Waals surface area contributed by atoms with Gasteiger partial charge < -0.3 is 10.6 Å². The van der Waals surface area contributed by atoms with E-state index in [2.05, 4.69) is 28.8 Å². The van der Waals surface area contributed by atoms with Gasteiger partial charge in [-0.15, -0.1) is 0 Å². The summed E-state index contributed by atoms with van der Waals surface area (Å²) < 4.78 is 0. The molecule has 0 bridgehead atoms. The van der Waals surface area contributed by atoms with Crippen LogP contribution in [0.1, 0.15) is 32.6 Å². The molecule has 1 heterocycles. The van der Waals surface area contributed by atoms with Crippen LogP contribution < -0.4 is 10.6 Å². The van der Waals surface area contributed by atoms with Gasteiger partial charge in [0.25, 0.3) is 0 Å². The Balaban J connectivity index is 2.01. The van der Waals surface area contributed by atoms with Crippen molar-refractivity contribution in [1.82, 2.24) is 9.97 Å². The second-order valence-corrected chi connectivity index (χ2v) is 4.84. The van der Waals surface area contributed by atoms with Crippen LogP contribution in [0.5, 0.6) is 0 Å². The Morgan fingerprint density at radius 2 is 1.75 bits per heavy atom. The van der Waals surface area contributed by atoms with Crippen LogP contribution in [-0.2, 0) is 0 Å². The van der Waals surface area contributed by atoms with E-state index in [0.29, 0.717) is 11.7 Å². The van der Waals surface area contributed by atoms with Gasteiger partial charge in [0.1, 0.15) is 0 Å². The molecule has 0 spiro atoms. The summed E-state index contributed by atoms with van der Waals surface area (Å²) in [5.74, 6) is 1.66. The van der Waals surface area contributed by atoms with Gasteiger partial charge >= 0.3 is 0 Å². The van der Waals surface area contributed by atoms with Gasteiger partial charge in [-0.1, -0.05) is 6.92 Å². The molecule has 1 aliphatic carbocycles. The Labute approximate surface area is 96.9 Å². The lowest BCUT2D eigenvalue weighted by Gasteiger charge is -2.33. The zero-order chi connectivity index (χ0) is 11.5. The summed E-state index contributed by atoms with van der Waals surface area (Å²) in [6, 6.07) is 0.583. The van der Waals surface area contributed by atoms with Gasteiger partial charge in [0.2, 0.25) is 5.95 Å². The van der Waals surface area contributed by atoms with Crippen molar-refractivity contribution in [3.05, 3.63) is 12.4 Å². The van der Waals surface area contributed by atoms with Gasteiger partial charge in [-0.05, 0) is 31.6 Å². The first-order chi connectivity index (χ1) is 7.66. The molecule has 0 aromatic carbocycles. The largest absolute Gasteiger partial charge is 0.396 e. The van der Waals surface area contributed by atoms with Crippen molar-refractivity contribution in [1.29, 1.82) is 0 Å². The fourth-order valence-electron chi connectivity index (χ4n) is 2.31. The molecule has 2 N–H and O–H groups in total.